The van der Waals surface area contributed by atoms with Crippen LogP contribution in [0.4, 0.5) is 0 Å². The number of carbonyl (C=O) groups excluding carboxylic acids is 1. The second-order valence-electron chi connectivity index (χ2n) is 4.89. The van der Waals surface area contributed by atoms with Crippen LogP contribution < -0.4 is 11.1 Å². The highest BCUT2D eigenvalue weighted by Crippen LogP contribution is 2.31. The highest BCUT2D eigenvalue weighted by Gasteiger charge is 2.40. The zero-order valence-electron chi connectivity index (χ0n) is 10.8. The second-order valence-corrected chi connectivity index (χ2v) is 5.75. The number of amidine groups is 1. The van der Waals surface area contributed by atoms with Crippen molar-refractivity contribution in [2.75, 3.05) is 0 Å². The Morgan fingerprint density at radius 3 is 2.60 bits per heavy atom. The largest absolute Gasteiger partial charge is 0.507 e. The molecule has 1 fully saturated rings. The molecule has 0 spiro atoms. The Kier molecular flexibility index (Phi) is 4.17. The predicted molar refractivity (Wildman–Crippen MR) is 77.9 cm³/mol. The molecule has 7 heteroatoms. The number of oxime groups is 1. The topological polar surface area (TPSA) is 108 Å². The average Bonchev–Trinajstić information content (AvgIpc) is 2.90. The second kappa shape index (κ2) is 5.70. The van der Waals surface area contributed by atoms with E-state index in [4.69, 9.17) is 10.9 Å². The van der Waals surface area contributed by atoms with Gasteiger partial charge in [-0.3, -0.25) is 4.79 Å². The van der Waals surface area contributed by atoms with Crippen LogP contribution in [0.2, 0.25) is 0 Å². The molecule has 0 aromatic heterocycles. The molecule has 0 atom stereocenters. The fourth-order valence-electron chi connectivity index (χ4n) is 2.46. The van der Waals surface area contributed by atoms with E-state index in [-0.39, 0.29) is 17.5 Å². The van der Waals surface area contributed by atoms with E-state index in [1.807, 2.05) is 0 Å². The number of phenolic OH excluding ortho intramolecular Hbond substituents is 1. The molecular weight excluding hydrogens is 326 g/mol. The number of halogens is 1. The molecule has 1 aromatic rings. The lowest BCUT2D eigenvalue weighted by Crippen LogP contribution is -2.55. The van der Waals surface area contributed by atoms with Gasteiger partial charge in [0, 0.05) is 5.56 Å². The first kappa shape index (κ1) is 14.6. The zero-order chi connectivity index (χ0) is 14.8. The Morgan fingerprint density at radius 1 is 1.40 bits per heavy atom. The Balaban J connectivity index is 2.23. The molecule has 0 saturated heterocycles. The summed E-state index contributed by atoms with van der Waals surface area (Å²) in [6.45, 7) is 0. The summed E-state index contributed by atoms with van der Waals surface area (Å²) in [7, 11) is 0. The van der Waals surface area contributed by atoms with Crippen LogP contribution in [0.5, 0.6) is 5.75 Å². The average molecular weight is 342 g/mol. The summed E-state index contributed by atoms with van der Waals surface area (Å²) in [4.78, 5) is 12.3. The van der Waals surface area contributed by atoms with Gasteiger partial charge in [0.2, 0.25) is 0 Å². The van der Waals surface area contributed by atoms with Crippen LogP contribution in [0.3, 0.4) is 0 Å². The van der Waals surface area contributed by atoms with Crippen LogP contribution in [0.1, 0.15) is 36.0 Å². The van der Waals surface area contributed by atoms with Crippen LogP contribution in [-0.4, -0.2) is 27.6 Å². The third-order valence-corrected chi connectivity index (χ3v) is 4.29. The van der Waals surface area contributed by atoms with Crippen molar-refractivity contribution in [2.45, 2.75) is 31.2 Å². The first-order valence-electron chi connectivity index (χ1n) is 6.27. The van der Waals surface area contributed by atoms with Gasteiger partial charge in [0.15, 0.2) is 5.84 Å². The number of nitrogens with two attached hydrogens (primary N) is 1. The molecule has 1 aliphatic carbocycles. The van der Waals surface area contributed by atoms with Gasteiger partial charge in [-0.15, -0.1) is 0 Å². The maximum Gasteiger partial charge on any atom is 0.252 e. The van der Waals surface area contributed by atoms with Crippen molar-refractivity contribution in [3.05, 3.63) is 28.2 Å². The molecule has 0 bridgehead atoms. The van der Waals surface area contributed by atoms with E-state index in [0.717, 1.165) is 12.8 Å². The van der Waals surface area contributed by atoms with Crippen molar-refractivity contribution in [3.8, 4) is 5.75 Å². The molecule has 0 unspecified atom stereocenters. The van der Waals surface area contributed by atoms with Crippen molar-refractivity contribution in [1.82, 2.24) is 5.32 Å². The molecule has 1 aliphatic rings. The Labute approximate surface area is 124 Å². The summed E-state index contributed by atoms with van der Waals surface area (Å²) < 4.78 is 0.515. The third kappa shape index (κ3) is 2.72. The predicted octanol–water partition coefficient (Wildman–Crippen LogP) is 1.94. The zero-order valence-corrected chi connectivity index (χ0v) is 12.4. The Bertz CT molecular complexity index is 554. The number of benzene rings is 1. The number of aromatic hydroxyl groups is 1. The summed E-state index contributed by atoms with van der Waals surface area (Å²) in [6, 6.07) is 4.55. The molecule has 0 aliphatic heterocycles. The number of nitrogens with zero attached hydrogens (tertiary/aromatic N) is 1. The van der Waals surface area contributed by atoms with Gasteiger partial charge in [0.05, 0.1) is 4.47 Å². The van der Waals surface area contributed by atoms with Crippen molar-refractivity contribution >= 4 is 27.7 Å². The normalized spacial score (nSPS) is 17.9. The van der Waals surface area contributed by atoms with Crippen LogP contribution >= 0.6 is 15.9 Å². The monoisotopic (exact) mass is 341 g/mol. The lowest BCUT2D eigenvalue weighted by atomic mass is 9.95. The molecule has 108 valence electrons. The number of carbonyl (C=O) groups is 1. The van der Waals surface area contributed by atoms with E-state index in [0.29, 0.717) is 22.9 Å². The summed E-state index contributed by atoms with van der Waals surface area (Å²) in [5.41, 5.74) is 5.25. The van der Waals surface area contributed by atoms with Crippen molar-refractivity contribution in [3.63, 3.8) is 0 Å². The lowest BCUT2D eigenvalue weighted by molar-refractivity contribution is 0.0922. The quantitative estimate of drug-likeness (QED) is 0.291. The van der Waals surface area contributed by atoms with Gasteiger partial charge in [-0.25, -0.2) is 0 Å². The maximum atomic E-state index is 12.3. The van der Waals surface area contributed by atoms with E-state index < -0.39 is 5.54 Å². The highest BCUT2D eigenvalue weighted by molar-refractivity contribution is 9.10. The summed E-state index contributed by atoms with van der Waals surface area (Å²) in [5, 5.41) is 24.4. The van der Waals surface area contributed by atoms with E-state index in [9.17, 15) is 9.90 Å². The van der Waals surface area contributed by atoms with Gasteiger partial charge in [-0.1, -0.05) is 18.0 Å². The SMILES string of the molecule is N/C(=N/O)C1(NC(=O)c2ccc(Br)c(O)c2)CCCC1. The number of nitrogens with one attached hydrogen (secondary N) is 1. The summed E-state index contributed by atoms with van der Waals surface area (Å²) >= 11 is 3.16. The van der Waals surface area contributed by atoms with E-state index in [1.54, 1.807) is 12.1 Å². The number of phenols is 1. The molecule has 1 amide bonds. The van der Waals surface area contributed by atoms with Gasteiger partial charge in [-0.05, 0) is 47.0 Å². The summed E-state index contributed by atoms with van der Waals surface area (Å²) in [5.74, 6) is -0.354. The fourth-order valence-corrected chi connectivity index (χ4v) is 2.71. The molecular formula is C13H16BrN3O3. The van der Waals surface area contributed by atoms with Crippen molar-refractivity contribution in [1.29, 1.82) is 0 Å². The van der Waals surface area contributed by atoms with E-state index in [2.05, 4.69) is 26.4 Å². The fraction of sp³-hybridized carbons (Fsp3) is 0.385. The van der Waals surface area contributed by atoms with Crippen LogP contribution in [0.15, 0.2) is 27.8 Å². The maximum absolute atomic E-state index is 12.3. The van der Waals surface area contributed by atoms with Gasteiger partial charge < -0.3 is 21.4 Å². The standard InChI is InChI=1S/C13H16BrN3O3/c14-9-4-3-8(7-10(9)18)11(19)16-13(12(15)17-20)5-1-2-6-13/h3-4,7,18,20H,1-2,5-6H2,(H2,15,17)(H,16,19). The van der Waals surface area contributed by atoms with Gasteiger partial charge in [0.1, 0.15) is 11.3 Å². The minimum Gasteiger partial charge on any atom is -0.507 e. The molecule has 5 N–H and O–H groups in total. The van der Waals surface area contributed by atoms with Gasteiger partial charge >= 0.3 is 0 Å². The Morgan fingerprint density at radius 2 is 2.05 bits per heavy atom. The number of hydrogen-bond acceptors (Lipinski definition) is 4. The van der Waals surface area contributed by atoms with Gasteiger partial charge in [0.25, 0.3) is 5.91 Å². The molecule has 1 aromatic carbocycles. The van der Waals surface area contributed by atoms with Crippen LogP contribution in [0.25, 0.3) is 0 Å². The minimum absolute atomic E-state index is 0.0121. The third-order valence-electron chi connectivity index (χ3n) is 3.62. The number of hydrogen-bond donors (Lipinski definition) is 4. The van der Waals surface area contributed by atoms with E-state index >= 15 is 0 Å². The molecule has 6 nitrogen and oxygen atoms in total. The molecule has 0 radical (unpaired) electrons. The number of amides is 1. The smallest absolute Gasteiger partial charge is 0.252 e. The minimum atomic E-state index is -0.797. The molecule has 1 saturated carbocycles. The van der Waals surface area contributed by atoms with E-state index in [1.165, 1.54) is 6.07 Å². The number of rotatable bonds is 3. The summed E-state index contributed by atoms with van der Waals surface area (Å²) in [6.07, 6.45) is 3.08. The van der Waals surface area contributed by atoms with Crippen LogP contribution in [-0.2, 0) is 0 Å². The Hall–Kier alpha value is -1.76. The van der Waals surface area contributed by atoms with Crippen LogP contribution in [0, 0.1) is 0 Å². The molecule has 0 heterocycles. The van der Waals surface area contributed by atoms with Gasteiger partial charge in [-0.2, -0.15) is 0 Å². The van der Waals surface area contributed by atoms with Crippen molar-refractivity contribution < 1.29 is 15.1 Å². The molecule has 2 rings (SSSR count). The highest BCUT2D eigenvalue weighted by atomic mass is 79.9. The lowest BCUT2D eigenvalue weighted by Gasteiger charge is -2.28. The first-order valence-corrected chi connectivity index (χ1v) is 7.07. The molecule has 20 heavy (non-hydrogen) atoms. The first-order chi connectivity index (χ1) is 9.48. The van der Waals surface area contributed by atoms with Crippen molar-refractivity contribution in [2.24, 2.45) is 10.9 Å².